The molecule has 0 aromatic carbocycles. The van der Waals surface area contributed by atoms with Crippen LogP contribution in [-0.2, 0) is 0 Å². The third-order valence-electron chi connectivity index (χ3n) is 3.01. The van der Waals surface area contributed by atoms with Gasteiger partial charge in [-0.15, -0.1) is 0 Å². The Hall–Kier alpha value is -0.473. The lowest BCUT2D eigenvalue weighted by Gasteiger charge is -2.27. The molecule has 0 aromatic rings. The van der Waals surface area contributed by atoms with Crippen LogP contribution in [0, 0.1) is 6.42 Å². The fourth-order valence-corrected chi connectivity index (χ4v) is 4.49. The van der Waals surface area contributed by atoms with Crippen molar-refractivity contribution in [2.24, 2.45) is 0 Å². The molecule has 0 bridgehead atoms. The molecule has 0 spiro atoms. The van der Waals surface area contributed by atoms with Gasteiger partial charge in [-0.1, -0.05) is 19.1 Å². The maximum atomic E-state index is 8.85. The summed E-state index contributed by atoms with van der Waals surface area (Å²) in [5.41, 5.74) is 1.99. The van der Waals surface area contributed by atoms with E-state index in [2.05, 4.69) is 44.7 Å². The normalized spacial score (nSPS) is 21.7. The van der Waals surface area contributed by atoms with Gasteiger partial charge in [0.05, 0.1) is 25.3 Å². The molecule has 14 heavy (non-hydrogen) atoms. The van der Waals surface area contributed by atoms with Gasteiger partial charge < -0.3 is 5.11 Å². The van der Waals surface area contributed by atoms with Crippen molar-refractivity contribution >= 4 is 8.07 Å². The predicted molar refractivity (Wildman–Crippen MR) is 64.9 cm³/mol. The Bertz CT molecular complexity index is 241. The SMILES string of the molecule is CC1=C[CH+]C([Si](C)(C)CCCO)C=C1. The van der Waals surface area contributed by atoms with Crippen LogP contribution in [0.5, 0.6) is 0 Å². The third-order valence-corrected chi connectivity index (χ3v) is 6.85. The Labute approximate surface area is 88.5 Å². The smallest absolute Gasteiger partial charge is 0.0968 e. The Morgan fingerprint density at radius 2 is 2.21 bits per heavy atom. The Morgan fingerprint density at radius 3 is 2.71 bits per heavy atom. The molecule has 0 saturated heterocycles. The minimum absolute atomic E-state index is 0.335. The minimum Gasteiger partial charge on any atom is -0.396 e. The van der Waals surface area contributed by atoms with Gasteiger partial charge in [-0.2, -0.15) is 0 Å². The largest absolute Gasteiger partial charge is 0.396 e. The summed E-state index contributed by atoms with van der Waals surface area (Å²) < 4.78 is 0. The van der Waals surface area contributed by atoms with Gasteiger partial charge in [0.2, 0.25) is 0 Å². The van der Waals surface area contributed by atoms with Gasteiger partial charge in [-0.25, -0.2) is 0 Å². The van der Waals surface area contributed by atoms with Crippen molar-refractivity contribution in [2.45, 2.75) is 38.0 Å². The van der Waals surface area contributed by atoms with Crippen molar-refractivity contribution < 1.29 is 5.11 Å². The van der Waals surface area contributed by atoms with Gasteiger partial charge >= 0.3 is 0 Å². The molecule has 1 nitrogen and oxygen atoms in total. The van der Waals surface area contributed by atoms with Crippen molar-refractivity contribution in [1.29, 1.82) is 0 Å². The van der Waals surface area contributed by atoms with Crippen LogP contribution in [0.2, 0.25) is 24.7 Å². The summed E-state index contributed by atoms with van der Waals surface area (Å²) in [6.45, 7) is 7.28. The van der Waals surface area contributed by atoms with Crippen LogP contribution in [0.3, 0.4) is 0 Å². The summed E-state index contributed by atoms with van der Waals surface area (Å²) in [6.07, 6.45) is 10.1. The van der Waals surface area contributed by atoms with Crippen molar-refractivity contribution in [3.8, 4) is 0 Å². The van der Waals surface area contributed by atoms with Gasteiger partial charge in [0, 0.05) is 26.0 Å². The number of rotatable bonds is 4. The van der Waals surface area contributed by atoms with Crippen LogP contribution in [-0.4, -0.2) is 19.8 Å². The fourth-order valence-electron chi connectivity index (χ4n) is 1.85. The molecule has 0 radical (unpaired) electrons. The zero-order chi connectivity index (χ0) is 10.6. The van der Waals surface area contributed by atoms with E-state index in [1.165, 1.54) is 11.6 Å². The van der Waals surface area contributed by atoms with Crippen LogP contribution in [0.15, 0.2) is 23.8 Å². The average Bonchev–Trinajstić information content (AvgIpc) is 2.16. The third kappa shape index (κ3) is 3.03. The molecule has 1 unspecified atom stereocenters. The van der Waals surface area contributed by atoms with E-state index in [0.717, 1.165) is 6.42 Å². The van der Waals surface area contributed by atoms with Gasteiger partial charge in [0.1, 0.15) is 0 Å². The summed E-state index contributed by atoms with van der Waals surface area (Å²) in [4.78, 5) is 0. The average molecular weight is 209 g/mol. The molecule has 0 saturated carbocycles. The van der Waals surface area contributed by atoms with Gasteiger partial charge in [0.25, 0.3) is 0 Å². The monoisotopic (exact) mass is 209 g/mol. The zero-order valence-electron chi connectivity index (χ0n) is 9.46. The van der Waals surface area contributed by atoms with Crippen molar-refractivity contribution in [3.05, 3.63) is 30.2 Å². The number of aliphatic hydroxyl groups excluding tert-OH is 1. The number of aliphatic hydroxyl groups is 1. The molecule has 1 atom stereocenters. The first kappa shape index (κ1) is 11.6. The van der Waals surface area contributed by atoms with Crippen molar-refractivity contribution in [3.63, 3.8) is 0 Å². The van der Waals surface area contributed by atoms with Crippen molar-refractivity contribution in [1.82, 2.24) is 0 Å². The lowest BCUT2D eigenvalue weighted by molar-refractivity contribution is 0.294. The molecule has 0 fully saturated rings. The second kappa shape index (κ2) is 4.85. The summed E-state index contributed by atoms with van der Waals surface area (Å²) in [5.74, 6) is 0. The van der Waals surface area contributed by atoms with Crippen LogP contribution in [0.25, 0.3) is 0 Å². The second-order valence-electron chi connectivity index (χ2n) is 4.80. The van der Waals surface area contributed by atoms with Gasteiger partial charge in [-0.3, -0.25) is 0 Å². The van der Waals surface area contributed by atoms with Crippen molar-refractivity contribution in [2.75, 3.05) is 6.61 Å². The first-order chi connectivity index (χ1) is 6.56. The lowest BCUT2D eigenvalue weighted by atomic mass is 10.1. The van der Waals surface area contributed by atoms with E-state index in [0.29, 0.717) is 12.1 Å². The maximum Gasteiger partial charge on any atom is 0.0968 e. The lowest BCUT2D eigenvalue weighted by Crippen LogP contribution is -2.32. The predicted octanol–water partition coefficient (Wildman–Crippen LogP) is 3.17. The van der Waals surface area contributed by atoms with E-state index in [1.807, 2.05) is 0 Å². The van der Waals surface area contributed by atoms with E-state index in [-0.39, 0.29) is 0 Å². The molecule has 0 aromatic heterocycles. The van der Waals surface area contributed by atoms with E-state index in [1.54, 1.807) is 0 Å². The molecule has 1 aliphatic carbocycles. The number of allylic oxidation sites excluding steroid dienone is 4. The molecule has 1 N–H and O–H groups in total. The van der Waals surface area contributed by atoms with E-state index in [4.69, 9.17) is 5.11 Å². The van der Waals surface area contributed by atoms with Crippen LogP contribution in [0.1, 0.15) is 13.3 Å². The van der Waals surface area contributed by atoms with Gasteiger partial charge in [0.15, 0.2) is 0 Å². The summed E-state index contributed by atoms with van der Waals surface area (Å²) in [7, 11) is -1.20. The molecule has 1 aliphatic rings. The van der Waals surface area contributed by atoms with Crippen LogP contribution < -0.4 is 0 Å². The van der Waals surface area contributed by atoms with E-state index in [9.17, 15) is 0 Å². The number of hydrogen-bond donors (Lipinski definition) is 1. The summed E-state index contributed by atoms with van der Waals surface area (Å²) >= 11 is 0. The summed E-state index contributed by atoms with van der Waals surface area (Å²) in [5, 5.41) is 8.85. The highest BCUT2D eigenvalue weighted by atomic mass is 28.3. The van der Waals surface area contributed by atoms with Crippen LogP contribution in [0.4, 0.5) is 0 Å². The molecular formula is C12H21OSi+. The molecule has 0 amide bonds. The van der Waals surface area contributed by atoms with E-state index < -0.39 is 8.07 Å². The number of hydrogen-bond acceptors (Lipinski definition) is 1. The Morgan fingerprint density at radius 1 is 1.50 bits per heavy atom. The topological polar surface area (TPSA) is 20.2 Å². The van der Waals surface area contributed by atoms with E-state index >= 15 is 0 Å². The molecule has 1 rings (SSSR count). The molecule has 2 heteroatoms. The van der Waals surface area contributed by atoms with Crippen LogP contribution >= 0.6 is 0 Å². The summed E-state index contributed by atoms with van der Waals surface area (Å²) in [6, 6.07) is 1.21. The minimum atomic E-state index is -1.20. The molecule has 0 aliphatic heterocycles. The zero-order valence-corrected chi connectivity index (χ0v) is 10.5. The highest BCUT2D eigenvalue weighted by Gasteiger charge is 2.33. The molecular weight excluding hydrogens is 188 g/mol. The Balaban J connectivity index is 2.52. The van der Waals surface area contributed by atoms with Gasteiger partial charge in [-0.05, 0) is 12.5 Å². The standard InChI is InChI=1S/C12H21OSi/c1-11-5-7-12(8-6-11)14(2,3)10-4-9-13/h5-8,12-13H,4,9-10H2,1-3H3/q+1. The first-order valence-corrected chi connectivity index (χ1v) is 8.65. The fraction of sp³-hybridized carbons (Fsp3) is 0.583. The highest BCUT2D eigenvalue weighted by Crippen LogP contribution is 2.33. The second-order valence-corrected chi connectivity index (χ2v) is 9.95. The maximum absolute atomic E-state index is 8.85. The molecule has 0 heterocycles. The highest BCUT2D eigenvalue weighted by molar-refractivity contribution is 6.79. The quantitative estimate of drug-likeness (QED) is 0.557. The molecule has 78 valence electrons. The Kier molecular flexibility index (Phi) is 4.02. The first-order valence-electron chi connectivity index (χ1n) is 5.37.